The molecule has 0 radical (unpaired) electrons. The molecule has 0 unspecified atom stereocenters. The van der Waals surface area contributed by atoms with E-state index < -0.39 is 0 Å². The molecule has 0 saturated carbocycles. The number of rotatable bonds is 6. The van der Waals surface area contributed by atoms with Crippen molar-refractivity contribution < 1.29 is 4.39 Å². The van der Waals surface area contributed by atoms with E-state index in [2.05, 4.69) is 28.6 Å². The number of nitrogens with zero attached hydrogens (tertiary/aromatic N) is 3. The Morgan fingerprint density at radius 2 is 2.25 bits per heavy atom. The molecule has 0 aliphatic rings. The van der Waals surface area contributed by atoms with E-state index in [4.69, 9.17) is 0 Å². The molecule has 0 saturated heterocycles. The topological polar surface area (TPSA) is 42.2 Å². The van der Waals surface area contributed by atoms with E-state index in [0.29, 0.717) is 13.0 Å². The van der Waals surface area contributed by atoms with Gasteiger partial charge in [-0.2, -0.15) is 0 Å². The van der Waals surface area contributed by atoms with Crippen LogP contribution >= 0.6 is 0 Å². The van der Waals surface area contributed by atoms with Gasteiger partial charge in [0.2, 0.25) is 0 Å². The van der Waals surface area contributed by atoms with Crippen molar-refractivity contribution in [3.63, 3.8) is 0 Å². The molecule has 2 aromatic rings. The van der Waals surface area contributed by atoms with Crippen molar-refractivity contribution in [2.24, 2.45) is 4.99 Å². The molecule has 2 heterocycles. The zero-order valence-electron chi connectivity index (χ0n) is 11.2. The summed E-state index contributed by atoms with van der Waals surface area (Å²) in [5, 5.41) is 4.83. The number of anilines is 1. The number of aromatic nitrogens is 2. The van der Waals surface area contributed by atoms with Crippen LogP contribution in [0.4, 0.5) is 10.1 Å². The largest absolute Gasteiger partial charge is 0.384 e. The third-order valence-corrected chi connectivity index (χ3v) is 2.86. The maximum atomic E-state index is 12.0. The van der Waals surface area contributed by atoms with Gasteiger partial charge in [0, 0.05) is 12.7 Å². The molecule has 0 aliphatic heterocycles. The number of hydrogen-bond acceptors (Lipinski definition) is 3. The normalized spacial score (nSPS) is 11.6. The SMILES string of the molecule is C=N/C=c1\c(=C)ccn1-c1ccc(NCCCF)cn1. The lowest BCUT2D eigenvalue weighted by Gasteiger charge is -2.06. The molecule has 2 aromatic heterocycles. The fourth-order valence-corrected chi connectivity index (χ4v) is 1.85. The number of aliphatic imine (C=N–C) groups is 1. The Kier molecular flexibility index (Phi) is 4.65. The molecule has 0 aliphatic carbocycles. The quantitative estimate of drug-likeness (QED) is 0.639. The average Bonchev–Trinajstić information content (AvgIpc) is 2.82. The maximum Gasteiger partial charge on any atom is 0.137 e. The van der Waals surface area contributed by atoms with E-state index in [1.807, 2.05) is 29.0 Å². The van der Waals surface area contributed by atoms with Gasteiger partial charge in [0.05, 0.1) is 30.1 Å². The Morgan fingerprint density at radius 3 is 2.90 bits per heavy atom. The molecule has 20 heavy (non-hydrogen) atoms. The molecule has 5 heteroatoms. The smallest absolute Gasteiger partial charge is 0.137 e. The fraction of sp³-hybridized carbons (Fsp3) is 0.200. The molecular weight excluding hydrogens is 255 g/mol. The average molecular weight is 272 g/mol. The molecule has 1 N–H and O–H groups in total. The highest BCUT2D eigenvalue weighted by Gasteiger charge is 2.00. The van der Waals surface area contributed by atoms with Gasteiger partial charge in [-0.15, -0.1) is 0 Å². The van der Waals surface area contributed by atoms with Gasteiger partial charge in [-0.3, -0.25) is 13.9 Å². The second-order valence-corrected chi connectivity index (χ2v) is 4.28. The van der Waals surface area contributed by atoms with Gasteiger partial charge in [-0.25, -0.2) is 4.98 Å². The van der Waals surface area contributed by atoms with E-state index in [0.717, 1.165) is 22.1 Å². The highest BCUT2D eigenvalue weighted by Crippen LogP contribution is 2.08. The summed E-state index contributed by atoms with van der Waals surface area (Å²) in [7, 11) is 0. The van der Waals surface area contributed by atoms with E-state index in [-0.39, 0.29) is 6.67 Å². The highest BCUT2D eigenvalue weighted by atomic mass is 19.1. The van der Waals surface area contributed by atoms with Crippen LogP contribution in [-0.4, -0.2) is 29.5 Å². The first-order valence-electron chi connectivity index (χ1n) is 6.35. The number of hydrogen-bond donors (Lipinski definition) is 1. The Morgan fingerprint density at radius 1 is 1.40 bits per heavy atom. The lowest BCUT2D eigenvalue weighted by molar-refractivity contribution is 0.481. The van der Waals surface area contributed by atoms with Crippen molar-refractivity contribution in [2.75, 3.05) is 18.5 Å². The number of alkyl halides is 1. The molecule has 0 fully saturated rings. The Labute approximate surface area is 117 Å². The summed E-state index contributed by atoms with van der Waals surface area (Å²) in [6, 6.07) is 5.69. The molecular formula is C15H17FN4. The van der Waals surface area contributed by atoms with Crippen LogP contribution in [0.15, 0.2) is 35.6 Å². The lowest BCUT2D eigenvalue weighted by atomic mass is 10.3. The summed E-state index contributed by atoms with van der Waals surface area (Å²) in [4.78, 5) is 8.16. The minimum absolute atomic E-state index is 0.318. The number of halogens is 1. The molecule has 2 rings (SSSR count). The number of pyridine rings is 1. The first-order chi connectivity index (χ1) is 9.76. The van der Waals surface area contributed by atoms with Gasteiger partial charge in [0.15, 0.2) is 0 Å². The van der Waals surface area contributed by atoms with Gasteiger partial charge in [0.1, 0.15) is 5.82 Å². The minimum atomic E-state index is -0.318. The summed E-state index contributed by atoms with van der Waals surface area (Å²) < 4.78 is 13.9. The summed E-state index contributed by atoms with van der Waals surface area (Å²) >= 11 is 0. The van der Waals surface area contributed by atoms with Gasteiger partial charge in [-0.05, 0) is 36.6 Å². The Bertz CT molecular complexity index is 673. The molecule has 0 spiro atoms. The molecule has 0 bridgehead atoms. The first-order valence-corrected chi connectivity index (χ1v) is 6.35. The summed E-state index contributed by atoms with van der Waals surface area (Å²) in [5.41, 5.74) is 0.872. The van der Waals surface area contributed by atoms with Crippen LogP contribution in [0.3, 0.4) is 0 Å². The Balaban J connectivity index is 2.24. The molecule has 0 amide bonds. The molecule has 104 valence electrons. The first kappa shape index (κ1) is 14.0. The van der Waals surface area contributed by atoms with Crippen LogP contribution in [0, 0.1) is 0 Å². The lowest BCUT2D eigenvalue weighted by Crippen LogP contribution is -2.27. The molecule has 0 atom stereocenters. The van der Waals surface area contributed by atoms with Crippen molar-refractivity contribution >= 4 is 25.2 Å². The van der Waals surface area contributed by atoms with Gasteiger partial charge >= 0.3 is 0 Å². The highest BCUT2D eigenvalue weighted by molar-refractivity contribution is 5.44. The van der Waals surface area contributed by atoms with Crippen LogP contribution in [0.2, 0.25) is 0 Å². The van der Waals surface area contributed by atoms with Crippen molar-refractivity contribution in [3.05, 3.63) is 41.2 Å². The predicted molar refractivity (Wildman–Crippen MR) is 81.4 cm³/mol. The van der Waals surface area contributed by atoms with Gasteiger partial charge in [0.25, 0.3) is 0 Å². The summed E-state index contributed by atoms with van der Waals surface area (Å²) in [6.45, 7) is 7.68. The minimum Gasteiger partial charge on any atom is -0.384 e. The van der Waals surface area contributed by atoms with E-state index in [1.54, 1.807) is 12.4 Å². The Hall–Kier alpha value is -2.43. The maximum absolute atomic E-state index is 12.0. The van der Waals surface area contributed by atoms with E-state index >= 15 is 0 Å². The van der Waals surface area contributed by atoms with Crippen molar-refractivity contribution in [3.8, 4) is 5.82 Å². The zero-order chi connectivity index (χ0) is 14.4. The van der Waals surface area contributed by atoms with Crippen molar-refractivity contribution in [2.45, 2.75) is 6.42 Å². The second kappa shape index (κ2) is 6.65. The molecule has 0 aromatic carbocycles. The van der Waals surface area contributed by atoms with Gasteiger partial charge in [-0.1, -0.05) is 6.58 Å². The summed E-state index contributed by atoms with van der Waals surface area (Å²) in [6.07, 6.45) is 5.76. The van der Waals surface area contributed by atoms with Crippen LogP contribution in [-0.2, 0) is 0 Å². The van der Waals surface area contributed by atoms with Crippen molar-refractivity contribution in [1.29, 1.82) is 0 Å². The third kappa shape index (κ3) is 3.12. The fourth-order valence-electron chi connectivity index (χ4n) is 1.85. The standard InChI is InChI=1S/C15H17FN4/c1-12-6-9-20(14(12)11-17-2)15-5-4-13(10-19-15)18-8-3-7-16/h4-6,9-11,18H,1-3,7-8H2/b14-11+. The van der Waals surface area contributed by atoms with Crippen LogP contribution in [0.5, 0.6) is 0 Å². The van der Waals surface area contributed by atoms with Crippen molar-refractivity contribution in [1.82, 2.24) is 9.55 Å². The van der Waals surface area contributed by atoms with Crippen LogP contribution < -0.4 is 15.9 Å². The summed E-state index contributed by atoms with van der Waals surface area (Å²) in [5.74, 6) is 0.769. The number of nitrogens with one attached hydrogen (secondary N) is 1. The zero-order valence-corrected chi connectivity index (χ0v) is 11.2. The van der Waals surface area contributed by atoms with E-state index in [9.17, 15) is 4.39 Å². The molecule has 4 nitrogen and oxygen atoms in total. The second-order valence-electron chi connectivity index (χ2n) is 4.28. The predicted octanol–water partition coefficient (Wildman–Crippen LogP) is 1.49. The van der Waals surface area contributed by atoms with E-state index in [1.165, 1.54) is 0 Å². The van der Waals surface area contributed by atoms with Crippen LogP contribution in [0.1, 0.15) is 6.42 Å². The van der Waals surface area contributed by atoms with Crippen LogP contribution in [0.25, 0.3) is 18.6 Å². The monoisotopic (exact) mass is 272 g/mol. The van der Waals surface area contributed by atoms with Gasteiger partial charge < -0.3 is 5.32 Å². The third-order valence-electron chi connectivity index (χ3n) is 2.86.